The Morgan fingerprint density at radius 3 is 2.48 bits per heavy atom. The maximum Gasteiger partial charge on any atom is 0.238 e. The van der Waals surface area contributed by atoms with E-state index < -0.39 is 0 Å². The molecule has 3 aromatic rings. The van der Waals surface area contributed by atoms with Crippen molar-refractivity contribution in [3.63, 3.8) is 0 Å². The summed E-state index contributed by atoms with van der Waals surface area (Å²) >= 11 is 0. The van der Waals surface area contributed by atoms with Crippen molar-refractivity contribution in [3.05, 3.63) is 77.9 Å². The molecule has 0 unspecified atom stereocenters. The van der Waals surface area contributed by atoms with Crippen LogP contribution < -0.4 is 10.6 Å². The standard InChI is InChI=1S/C25H29N3O/c1-19(23-10-6-8-21-7-2-3-9-24(21)23)26-17-25(29)27-22-13-11-20(12-14-22)18-28-15-4-5-16-28/h2-3,6-14,19,26H,4-5,15-18H2,1H3,(H,27,29)/t19-/m0/s1. The number of carbonyl (C=O) groups is 1. The van der Waals surface area contributed by atoms with E-state index in [1.165, 1.54) is 47.8 Å². The molecule has 1 aliphatic heterocycles. The Balaban J connectivity index is 1.30. The lowest BCUT2D eigenvalue weighted by molar-refractivity contribution is -0.115. The van der Waals surface area contributed by atoms with Crippen LogP contribution in [0.25, 0.3) is 10.8 Å². The Morgan fingerprint density at radius 1 is 0.966 bits per heavy atom. The molecule has 4 rings (SSSR count). The second-order valence-electron chi connectivity index (χ2n) is 7.90. The number of likely N-dealkylation sites (tertiary alicyclic amines) is 1. The molecule has 29 heavy (non-hydrogen) atoms. The molecule has 1 saturated heterocycles. The lowest BCUT2D eigenvalue weighted by atomic mass is 10.00. The van der Waals surface area contributed by atoms with Crippen molar-refractivity contribution in [1.82, 2.24) is 10.2 Å². The number of hydrogen-bond donors (Lipinski definition) is 2. The maximum absolute atomic E-state index is 12.4. The second-order valence-corrected chi connectivity index (χ2v) is 7.90. The molecule has 1 aliphatic rings. The number of nitrogens with zero attached hydrogens (tertiary/aromatic N) is 1. The number of hydrogen-bond acceptors (Lipinski definition) is 3. The van der Waals surface area contributed by atoms with Gasteiger partial charge in [0.15, 0.2) is 0 Å². The Morgan fingerprint density at radius 2 is 1.69 bits per heavy atom. The number of rotatable bonds is 7. The topological polar surface area (TPSA) is 44.4 Å². The molecule has 0 radical (unpaired) electrons. The van der Waals surface area contributed by atoms with Crippen LogP contribution in [-0.2, 0) is 11.3 Å². The Kier molecular flexibility index (Phi) is 6.23. The van der Waals surface area contributed by atoms with Crippen LogP contribution >= 0.6 is 0 Å². The van der Waals surface area contributed by atoms with Crippen LogP contribution in [0.5, 0.6) is 0 Å². The van der Waals surface area contributed by atoms with Gasteiger partial charge >= 0.3 is 0 Å². The van der Waals surface area contributed by atoms with Crippen molar-refractivity contribution < 1.29 is 4.79 Å². The number of anilines is 1. The summed E-state index contributed by atoms with van der Waals surface area (Å²) in [4.78, 5) is 14.9. The minimum absolute atomic E-state index is 0.0237. The van der Waals surface area contributed by atoms with Crippen molar-refractivity contribution in [2.75, 3.05) is 25.0 Å². The first-order chi connectivity index (χ1) is 14.2. The molecule has 3 aromatic carbocycles. The molecule has 1 atom stereocenters. The van der Waals surface area contributed by atoms with Gasteiger partial charge in [-0.05, 0) is 66.9 Å². The van der Waals surface area contributed by atoms with Gasteiger partial charge in [-0.2, -0.15) is 0 Å². The van der Waals surface area contributed by atoms with Crippen LogP contribution in [0.2, 0.25) is 0 Å². The van der Waals surface area contributed by atoms with Gasteiger partial charge in [0.25, 0.3) is 0 Å². The van der Waals surface area contributed by atoms with Gasteiger partial charge in [-0.3, -0.25) is 9.69 Å². The molecule has 2 N–H and O–H groups in total. The summed E-state index contributed by atoms with van der Waals surface area (Å²) in [5, 5.41) is 8.79. The fourth-order valence-corrected chi connectivity index (χ4v) is 4.08. The predicted molar refractivity (Wildman–Crippen MR) is 120 cm³/mol. The molecule has 1 fully saturated rings. The minimum atomic E-state index is -0.0237. The average Bonchev–Trinajstić information content (AvgIpc) is 3.26. The summed E-state index contributed by atoms with van der Waals surface area (Å²) in [5.74, 6) is -0.0237. The number of fused-ring (bicyclic) bond motifs is 1. The van der Waals surface area contributed by atoms with E-state index in [9.17, 15) is 4.79 Å². The molecule has 150 valence electrons. The van der Waals surface area contributed by atoms with Gasteiger partial charge in [0.2, 0.25) is 5.91 Å². The number of carbonyl (C=O) groups excluding carboxylic acids is 1. The normalized spacial score (nSPS) is 15.5. The summed E-state index contributed by atoms with van der Waals surface area (Å²) < 4.78 is 0. The van der Waals surface area contributed by atoms with Crippen molar-refractivity contribution in [2.45, 2.75) is 32.4 Å². The monoisotopic (exact) mass is 387 g/mol. The van der Waals surface area contributed by atoms with Gasteiger partial charge < -0.3 is 10.6 Å². The first kappa shape index (κ1) is 19.6. The molecular formula is C25H29N3O. The molecule has 0 saturated carbocycles. The predicted octanol–water partition coefficient (Wildman–Crippen LogP) is 4.72. The first-order valence-corrected chi connectivity index (χ1v) is 10.5. The third-order valence-electron chi connectivity index (χ3n) is 5.70. The molecule has 0 aromatic heterocycles. The fourth-order valence-electron chi connectivity index (χ4n) is 4.08. The van der Waals surface area contributed by atoms with E-state index in [4.69, 9.17) is 0 Å². The average molecular weight is 388 g/mol. The maximum atomic E-state index is 12.4. The van der Waals surface area contributed by atoms with Gasteiger partial charge in [-0.25, -0.2) is 0 Å². The third kappa shape index (κ3) is 5.03. The highest BCUT2D eigenvalue weighted by Gasteiger charge is 2.13. The Hall–Kier alpha value is -2.69. The molecule has 1 amide bonds. The lowest BCUT2D eigenvalue weighted by Gasteiger charge is -2.17. The van der Waals surface area contributed by atoms with Crippen molar-refractivity contribution in [1.29, 1.82) is 0 Å². The SMILES string of the molecule is C[C@H](NCC(=O)Nc1ccc(CN2CCCC2)cc1)c1cccc2ccccc12. The van der Waals surface area contributed by atoms with Crippen LogP contribution in [-0.4, -0.2) is 30.4 Å². The van der Waals surface area contributed by atoms with Gasteiger partial charge in [0, 0.05) is 18.3 Å². The first-order valence-electron chi connectivity index (χ1n) is 10.5. The number of benzene rings is 3. The summed E-state index contributed by atoms with van der Waals surface area (Å²) in [6, 6.07) is 23.0. The molecule has 0 aliphatic carbocycles. The highest BCUT2D eigenvalue weighted by Crippen LogP contribution is 2.24. The zero-order chi connectivity index (χ0) is 20.1. The highest BCUT2D eigenvalue weighted by atomic mass is 16.1. The van der Waals surface area contributed by atoms with E-state index in [0.29, 0.717) is 0 Å². The third-order valence-corrected chi connectivity index (χ3v) is 5.70. The fraction of sp³-hybridized carbons (Fsp3) is 0.320. The van der Waals surface area contributed by atoms with E-state index in [2.05, 4.69) is 71.0 Å². The molecule has 0 spiro atoms. The van der Waals surface area contributed by atoms with E-state index in [1.807, 2.05) is 18.2 Å². The van der Waals surface area contributed by atoms with Crippen LogP contribution in [0.4, 0.5) is 5.69 Å². The summed E-state index contributed by atoms with van der Waals surface area (Å²) in [6.45, 7) is 5.76. The lowest BCUT2D eigenvalue weighted by Crippen LogP contribution is -2.30. The van der Waals surface area contributed by atoms with Crippen LogP contribution in [0.15, 0.2) is 66.7 Å². The Bertz CT molecular complexity index is 956. The highest BCUT2D eigenvalue weighted by molar-refractivity contribution is 5.92. The van der Waals surface area contributed by atoms with Crippen molar-refractivity contribution in [3.8, 4) is 0 Å². The molecule has 0 bridgehead atoms. The van der Waals surface area contributed by atoms with E-state index in [-0.39, 0.29) is 18.5 Å². The smallest absolute Gasteiger partial charge is 0.238 e. The number of nitrogens with one attached hydrogen (secondary N) is 2. The second kappa shape index (κ2) is 9.21. The van der Waals surface area contributed by atoms with Gasteiger partial charge in [-0.1, -0.05) is 54.6 Å². The zero-order valence-corrected chi connectivity index (χ0v) is 17.0. The molecular weight excluding hydrogens is 358 g/mol. The summed E-state index contributed by atoms with van der Waals surface area (Å²) in [6.07, 6.45) is 2.61. The van der Waals surface area contributed by atoms with E-state index in [0.717, 1.165) is 12.2 Å². The zero-order valence-electron chi connectivity index (χ0n) is 17.0. The quantitative estimate of drug-likeness (QED) is 0.616. The number of amides is 1. The minimum Gasteiger partial charge on any atom is -0.325 e. The van der Waals surface area contributed by atoms with E-state index in [1.54, 1.807) is 0 Å². The van der Waals surface area contributed by atoms with Gasteiger partial charge in [-0.15, -0.1) is 0 Å². The van der Waals surface area contributed by atoms with Gasteiger partial charge in [0.1, 0.15) is 0 Å². The summed E-state index contributed by atoms with van der Waals surface area (Å²) in [7, 11) is 0. The van der Waals surface area contributed by atoms with Crippen molar-refractivity contribution >= 4 is 22.4 Å². The largest absolute Gasteiger partial charge is 0.325 e. The molecule has 1 heterocycles. The van der Waals surface area contributed by atoms with Gasteiger partial charge in [0.05, 0.1) is 6.54 Å². The van der Waals surface area contributed by atoms with Crippen LogP contribution in [0.1, 0.15) is 36.9 Å². The van der Waals surface area contributed by atoms with Crippen LogP contribution in [0.3, 0.4) is 0 Å². The van der Waals surface area contributed by atoms with E-state index >= 15 is 0 Å². The molecule has 4 nitrogen and oxygen atoms in total. The Labute approximate surface area is 172 Å². The van der Waals surface area contributed by atoms with Crippen LogP contribution in [0, 0.1) is 0 Å². The van der Waals surface area contributed by atoms with Crippen molar-refractivity contribution in [2.24, 2.45) is 0 Å². The summed E-state index contributed by atoms with van der Waals surface area (Å²) in [5.41, 5.74) is 3.36. The molecule has 4 heteroatoms.